The zero-order chi connectivity index (χ0) is 12.1. The number of aromatic nitrogens is 2. The molecule has 0 atom stereocenters. The molecule has 0 aromatic carbocycles. The number of hydrogen-bond donors (Lipinski definition) is 1. The summed E-state index contributed by atoms with van der Waals surface area (Å²) < 4.78 is 5.58. The van der Waals surface area contributed by atoms with E-state index in [1.165, 1.54) is 25.7 Å². The van der Waals surface area contributed by atoms with Gasteiger partial charge in [-0.3, -0.25) is 0 Å². The minimum Gasteiger partial charge on any atom is -0.408 e. The first-order valence-electron chi connectivity index (χ1n) is 6.61. The number of anilines is 1. The predicted octanol–water partition coefficient (Wildman–Crippen LogP) is 1.59. The number of nitrogens with zero attached hydrogens (tertiary/aromatic N) is 3. The summed E-state index contributed by atoms with van der Waals surface area (Å²) >= 11 is 0. The third-order valence-electron chi connectivity index (χ3n) is 3.40. The van der Waals surface area contributed by atoms with Gasteiger partial charge in [-0.1, -0.05) is 24.9 Å². The van der Waals surface area contributed by atoms with Crippen molar-refractivity contribution in [1.82, 2.24) is 10.2 Å². The Labute approximate surface area is 102 Å². The Morgan fingerprint density at radius 3 is 2.76 bits per heavy atom. The predicted molar refractivity (Wildman–Crippen MR) is 66.9 cm³/mol. The van der Waals surface area contributed by atoms with Gasteiger partial charge in [-0.15, -0.1) is 5.10 Å². The van der Waals surface area contributed by atoms with Crippen molar-refractivity contribution in [1.29, 1.82) is 0 Å². The van der Waals surface area contributed by atoms with Gasteiger partial charge in [0.1, 0.15) is 0 Å². The van der Waals surface area contributed by atoms with Crippen LogP contribution >= 0.6 is 0 Å². The van der Waals surface area contributed by atoms with E-state index in [9.17, 15) is 0 Å². The van der Waals surface area contributed by atoms with Crippen LogP contribution in [0, 0.1) is 5.92 Å². The fraction of sp³-hybridized carbons (Fsp3) is 0.833. The quantitative estimate of drug-likeness (QED) is 0.843. The molecule has 0 aliphatic carbocycles. The van der Waals surface area contributed by atoms with Gasteiger partial charge in [0.05, 0.1) is 0 Å². The fourth-order valence-corrected chi connectivity index (χ4v) is 2.42. The summed E-state index contributed by atoms with van der Waals surface area (Å²) in [5.74, 6) is 1.53. The first-order chi connectivity index (χ1) is 8.33. The van der Waals surface area contributed by atoms with E-state index in [0.717, 1.165) is 19.0 Å². The van der Waals surface area contributed by atoms with E-state index in [1.807, 2.05) is 0 Å². The lowest BCUT2D eigenvalue weighted by Gasteiger charge is -2.30. The molecular weight excluding hydrogens is 216 g/mol. The van der Waals surface area contributed by atoms with Gasteiger partial charge in [0.25, 0.3) is 0 Å². The second-order valence-electron chi connectivity index (χ2n) is 4.74. The van der Waals surface area contributed by atoms with Gasteiger partial charge in [0.2, 0.25) is 5.89 Å². The average molecular weight is 238 g/mol. The van der Waals surface area contributed by atoms with Crippen LogP contribution in [0.3, 0.4) is 0 Å². The number of nitrogens with two attached hydrogens (primary N) is 1. The normalized spacial score (nSPS) is 17.6. The van der Waals surface area contributed by atoms with Gasteiger partial charge in [0.15, 0.2) is 0 Å². The van der Waals surface area contributed by atoms with Crippen molar-refractivity contribution in [3.63, 3.8) is 0 Å². The number of piperidine rings is 1. The van der Waals surface area contributed by atoms with Gasteiger partial charge in [-0.05, 0) is 18.8 Å². The molecule has 1 aliphatic rings. The molecule has 96 valence electrons. The maximum atomic E-state index is 5.58. The van der Waals surface area contributed by atoms with E-state index in [2.05, 4.69) is 22.0 Å². The summed E-state index contributed by atoms with van der Waals surface area (Å²) in [5, 5.41) is 8.08. The van der Waals surface area contributed by atoms with Crippen molar-refractivity contribution < 1.29 is 4.42 Å². The lowest BCUT2D eigenvalue weighted by atomic mass is 9.93. The molecule has 1 fully saturated rings. The Kier molecular flexibility index (Phi) is 4.36. The Balaban J connectivity index is 1.86. The van der Waals surface area contributed by atoms with E-state index >= 15 is 0 Å². The van der Waals surface area contributed by atoms with Crippen molar-refractivity contribution >= 4 is 6.01 Å². The van der Waals surface area contributed by atoms with E-state index in [-0.39, 0.29) is 0 Å². The largest absolute Gasteiger partial charge is 0.408 e. The molecule has 1 aliphatic heterocycles. The van der Waals surface area contributed by atoms with Gasteiger partial charge in [-0.2, -0.15) is 0 Å². The van der Waals surface area contributed by atoms with Crippen LogP contribution in [0.15, 0.2) is 4.42 Å². The molecule has 1 aromatic heterocycles. The van der Waals surface area contributed by atoms with E-state index in [4.69, 9.17) is 10.2 Å². The Hall–Kier alpha value is -1.10. The maximum Gasteiger partial charge on any atom is 0.318 e. The highest BCUT2D eigenvalue weighted by atomic mass is 16.4. The molecule has 2 heterocycles. The standard InChI is InChI=1S/C12H22N4O/c1-2-3-10-5-8-16(9-6-10)12-15-14-11(17-12)4-7-13/h10H,2-9,13H2,1H3. The van der Waals surface area contributed by atoms with Gasteiger partial charge < -0.3 is 15.1 Å². The molecule has 0 amide bonds. The van der Waals surface area contributed by atoms with Crippen molar-refractivity contribution in [2.75, 3.05) is 24.5 Å². The monoisotopic (exact) mass is 238 g/mol. The Morgan fingerprint density at radius 2 is 2.12 bits per heavy atom. The van der Waals surface area contributed by atoms with Crippen molar-refractivity contribution in [2.24, 2.45) is 11.7 Å². The minimum atomic E-state index is 0.556. The molecule has 0 unspecified atom stereocenters. The molecule has 0 radical (unpaired) electrons. The average Bonchev–Trinajstić information content (AvgIpc) is 2.80. The van der Waals surface area contributed by atoms with Gasteiger partial charge in [-0.25, -0.2) is 0 Å². The number of hydrogen-bond acceptors (Lipinski definition) is 5. The minimum absolute atomic E-state index is 0.556. The van der Waals surface area contributed by atoms with Gasteiger partial charge >= 0.3 is 6.01 Å². The molecule has 0 saturated carbocycles. The molecule has 2 N–H and O–H groups in total. The molecule has 1 aromatic rings. The Morgan fingerprint density at radius 1 is 1.35 bits per heavy atom. The summed E-state index contributed by atoms with van der Waals surface area (Å²) in [6.45, 7) is 4.88. The van der Waals surface area contributed by atoms with Crippen LogP contribution in [0.5, 0.6) is 0 Å². The van der Waals surface area contributed by atoms with Crippen LogP contribution in [-0.2, 0) is 6.42 Å². The SMILES string of the molecule is CCCC1CCN(c2nnc(CCN)o2)CC1. The lowest BCUT2D eigenvalue weighted by Crippen LogP contribution is -2.33. The van der Waals surface area contributed by atoms with E-state index in [0.29, 0.717) is 24.9 Å². The van der Waals surface area contributed by atoms with Crippen LogP contribution in [-0.4, -0.2) is 29.8 Å². The van der Waals surface area contributed by atoms with Crippen LogP contribution < -0.4 is 10.6 Å². The maximum absolute atomic E-state index is 5.58. The van der Waals surface area contributed by atoms with Crippen molar-refractivity contribution in [3.05, 3.63) is 5.89 Å². The summed E-state index contributed by atoms with van der Waals surface area (Å²) in [5.41, 5.74) is 5.46. The second-order valence-corrected chi connectivity index (χ2v) is 4.74. The van der Waals surface area contributed by atoms with Gasteiger partial charge in [0, 0.05) is 26.1 Å². The van der Waals surface area contributed by atoms with Crippen molar-refractivity contribution in [2.45, 2.75) is 39.0 Å². The molecule has 5 nitrogen and oxygen atoms in total. The van der Waals surface area contributed by atoms with Crippen LogP contribution in [0.2, 0.25) is 0 Å². The fourth-order valence-electron chi connectivity index (χ4n) is 2.42. The zero-order valence-electron chi connectivity index (χ0n) is 10.6. The molecular formula is C12H22N4O. The Bertz CT molecular complexity index is 331. The second kappa shape index (κ2) is 6.00. The molecule has 17 heavy (non-hydrogen) atoms. The van der Waals surface area contributed by atoms with Crippen molar-refractivity contribution in [3.8, 4) is 0 Å². The smallest absolute Gasteiger partial charge is 0.318 e. The third-order valence-corrected chi connectivity index (χ3v) is 3.40. The lowest BCUT2D eigenvalue weighted by molar-refractivity contribution is 0.362. The highest BCUT2D eigenvalue weighted by Crippen LogP contribution is 2.25. The molecule has 0 bridgehead atoms. The summed E-state index contributed by atoms with van der Waals surface area (Å²) in [7, 11) is 0. The molecule has 1 saturated heterocycles. The van der Waals surface area contributed by atoms with Crippen LogP contribution in [0.4, 0.5) is 6.01 Å². The molecule has 2 rings (SSSR count). The van der Waals surface area contributed by atoms with E-state index < -0.39 is 0 Å². The van der Waals surface area contributed by atoms with Crippen LogP contribution in [0.25, 0.3) is 0 Å². The number of rotatable bonds is 5. The topological polar surface area (TPSA) is 68.2 Å². The molecule has 0 spiro atoms. The molecule has 5 heteroatoms. The third kappa shape index (κ3) is 3.19. The summed E-state index contributed by atoms with van der Waals surface area (Å²) in [6, 6.07) is 0.670. The summed E-state index contributed by atoms with van der Waals surface area (Å²) in [4.78, 5) is 2.19. The summed E-state index contributed by atoms with van der Waals surface area (Å²) in [6.07, 6.45) is 5.77. The highest BCUT2D eigenvalue weighted by molar-refractivity contribution is 5.24. The van der Waals surface area contributed by atoms with E-state index in [1.54, 1.807) is 0 Å². The zero-order valence-corrected chi connectivity index (χ0v) is 10.6. The first kappa shape index (κ1) is 12.4. The highest BCUT2D eigenvalue weighted by Gasteiger charge is 2.22. The van der Waals surface area contributed by atoms with Crippen LogP contribution in [0.1, 0.15) is 38.5 Å². The first-order valence-corrected chi connectivity index (χ1v) is 6.61.